The van der Waals surface area contributed by atoms with Gasteiger partial charge in [0.15, 0.2) is 0 Å². The fraction of sp³-hybridized carbons (Fsp3) is 0.692. The molecule has 3 amide bonds. The summed E-state index contributed by atoms with van der Waals surface area (Å²) in [5, 5.41) is 15.4. The Morgan fingerprint density at radius 3 is 2.09 bits per heavy atom. The first kappa shape index (κ1) is 19.8. The van der Waals surface area contributed by atoms with Crippen LogP contribution in [-0.2, 0) is 19.2 Å². The van der Waals surface area contributed by atoms with Gasteiger partial charge in [-0.1, -0.05) is 20.3 Å². The van der Waals surface area contributed by atoms with Crippen molar-refractivity contribution in [3.8, 4) is 0 Å². The summed E-state index contributed by atoms with van der Waals surface area (Å²) < 4.78 is 0. The fourth-order valence-electron chi connectivity index (χ4n) is 1.50. The summed E-state index contributed by atoms with van der Waals surface area (Å²) in [5.74, 6) is -2.94. The molecule has 126 valence electrons. The van der Waals surface area contributed by atoms with Crippen LogP contribution >= 0.6 is 0 Å². The average Bonchev–Trinajstić information content (AvgIpc) is 2.46. The topological polar surface area (TPSA) is 151 Å². The van der Waals surface area contributed by atoms with Crippen molar-refractivity contribution in [3.63, 3.8) is 0 Å². The van der Waals surface area contributed by atoms with Crippen LogP contribution in [0.1, 0.15) is 27.2 Å². The van der Waals surface area contributed by atoms with Crippen molar-refractivity contribution in [2.24, 2.45) is 11.7 Å². The lowest BCUT2D eigenvalue weighted by Gasteiger charge is -2.24. The zero-order chi connectivity index (χ0) is 17.3. The summed E-state index contributed by atoms with van der Waals surface area (Å²) in [6.45, 7) is 4.26. The molecule has 0 radical (unpaired) electrons. The highest BCUT2D eigenvalue weighted by Gasteiger charge is 2.27. The number of amides is 3. The molecule has 0 spiro atoms. The van der Waals surface area contributed by atoms with Gasteiger partial charge < -0.3 is 26.8 Å². The molecule has 9 heteroatoms. The van der Waals surface area contributed by atoms with E-state index in [1.807, 2.05) is 6.92 Å². The largest absolute Gasteiger partial charge is 0.480 e. The Morgan fingerprint density at radius 1 is 1.05 bits per heavy atom. The van der Waals surface area contributed by atoms with Gasteiger partial charge in [0.05, 0.1) is 12.6 Å². The highest BCUT2D eigenvalue weighted by molar-refractivity contribution is 5.92. The van der Waals surface area contributed by atoms with Gasteiger partial charge in [0.2, 0.25) is 17.7 Å². The summed E-state index contributed by atoms with van der Waals surface area (Å²) in [6.07, 6.45) is 0.641. The number of rotatable bonds is 9. The first-order chi connectivity index (χ1) is 10.2. The van der Waals surface area contributed by atoms with Gasteiger partial charge in [-0.25, -0.2) is 0 Å². The van der Waals surface area contributed by atoms with Crippen LogP contribution in [0.15, 0.2) is 0 Å². The molecule has 0 fully saturated rings. The molecule has 0 saturated heterocycles. The number of nitrogens with one attached hydrogen (secondary N) is 3. The van der Waals surface area contributed by atoms with Crippen LogP contribution in [0.25, 0.3) is 0 Å². The van der Waals surface area contributed by atoms with Crippen LogP contribution in [0.3, 0.4) is 0 Å². The Kier molecular flexibility index (Phi) is 8.76. The molecule has 0 saturated carbocycles. The number of hydrogen-bond acceptors (Lipinski definition) is 5. The van der Waals surface area contributed by atoms with Crippen molar-refractivity contribution < 1.29 is 24.3 Å². The molecule has 6 N–H and O–H groups in total. The van der Waals surface area contributed by atoms with Crippen molar-refractivity contribution in [1.29, 1.82) is 0 Å². The molecule has 0 aromatic heterocycles. The summed E-state index contributed by atoms with van der Waals surface area (Å²) >= 11 is 0. The Bertz CT molecular complexity index is 425. The van der Waals surface area contributed by atoms with E-state index < -0.39 is 42.3 Å². The van der Waals surface area contributed by atoms with Gasteiger partial charge in [0.25, 0.3) is 0 Å². The predicted molar refractivity (Wildman–Crippen MR) is 78.7 cm³/mol. The van der Waals surface area contributed by atoms with Crippen molar-refractivity contribution in [1.82, 2.24) is 16.0 Å². The van der Waals surface area contributed by atoms with E-state index in [-0.39, 0.29) is 12.5 Å². The molecule has 3 unspecified atom stereocenters. The van der Waals surface area contributed by atoms with Gasteiger partial charge in [0.1, 0.15) is 12.6 Å². The molecule has 0 aliphatic rings. The van der Waals surface area contributed by atoms with E-state index in [1.54, 1.807) is 6.92 Å². The normalized spacial score (nSPS) is 14.4. The summed E-state index contributed by atoms with van der Waals surface area (Å²) in [5.41, 5.74) is 5.45. The van der Waals surface area contributed by atoms with E-state index in [4.69, 9.17) is 10.8 Å². The Balaban J connectivity index is 4.54. The number of carboxylic acids is 1. The van der Waals surface area contributed by atoms with Crippen LogP contribution in [0.4, 0.5) is 0 Å². The van der Waals surface area contributed by atoms with Crippen LogP contribution in [0, 0.1) is 5.92 Å². The van der Waals surface area contributed by atoms with Gasteiger partial charge in [0, 0.05) is 0 Å². The third-order valence-electron chi connectivity index (χ3n) is 3.07. The number of carboxylic acid groups (broad SMARTS) is 1. The molecule has 0 aromatic carbocycles. The minimum Gasteiger partial charge on any atom is -0.480 e. The summed E-state index contributed by atoms with van der Waals surface area (Å²) in [6, 6.07) is -1.56. The Hall–Kier alpha value is -2.16. The van der Waals surface area contributed by atoms with Gasteiger partial charge >= 0.3 is 5.97 Å². The maximum absolute atomic E-state index is 12.1. The van der Waals surface area contributed by atoms with E-state index in [0.29, 0.717) is 6.42 Å². The second-order valence-corrected chi connectivity index (χ2v) is 5.05. The summed E-state index contributed by atoms with van der Waals surface area (Å²) in [7, 11) is 0. The number of nitrogens with two attached hydrogens (primary N) is 1. The molecular weight excluding hydrogens is 292 g/mol. The fourth-order valence-corrected chi connectivity index (χ4v) is 1.50. The third-order valence-corrected chi connectivity index (χ3v) is 3.07. The average molecular weight is 316 g/mol. The zero-order valence-electron chi connectivity index (χ0n) is 13.0. The standard InChI is InChI=1S/C13H24N4O5/c1-4-7(2)11(17-12(21)8(3)14)13(22)16-5-9(18)15-6-10(19)20/h7-8,11H,4-6,14H2,1-3H3,(H,15,18)(H,16,22)(H,17,21)(H,19,20). The lowest BCUT2D eigenvalue weighted by atomic mass is 9.98. The number of hydrogen-bond donors (Lipinski definition) is 5. The van der Waals surface area contributed by atoms with Crippen molar-refractivity contribution >= 4 is 23.7 Å². The second-order valence-electron chi connectivity index (χ2n) is 5.05. The number of aliphatic carboxylic acids is 1. The minimum absolute atomic E-state index is 0.148. The molecule has 9 nitrogen and oxygen atoms in total. The van der Waals surface area contributed by atoms with Crippen LogP contribution < -0.4 is 21.7 Å². The van der Waals surface area contributed by atoms with Crippen LogP contribution in [0.2, 0.25) is 0 Å². The molecule has 3 atom stereocenters. The predicted octanol–water partition coefficient (Wildman–Crippen LogP) is -1.82. The van der Waals surface area contributed by atoms with Gasteiger partial charge in [-0.3, -0.25) is 19.2 Å². The molecule has 0 aromatic rings. The SMILES string of the molecule is CCC(C)C(NC(=O)C(C)N)C(=O)NCC(=O)NCC(=O)O. The molecule has 0 aliphatic heterocycles. The van der Waals surface area contributed by atoms with Gasteiger partial charge in [-0.05, 0) is 12.8 Å². The highest BCUT2D eigenvalue weighted by Crippen LogP contribution is 2.08. The smallest absolute Gasteiger partial charge is 0.322 e. The molecular formula is C13H24N4O5. The zero-order valence-corrected chi connectivity index (χ0v) is 13.0. The maximum atomic E-state index is 12.1. The Labute approximate surface area is 129 Å². The lowest BCUT2D eigenvalue weighted by molar-refractivity contribution is -0.138. The van der Waals surface area contributed by atoms with E-state index in [0.717, 1.165) is 0 Å². The van der Waals surface area contributed by atoms with Gasteiger partial charge in [-0.15, -0.1) is 0 Å². The maximum Gasteiger partial charge on any atom is 0.322 e. The van der Waals surface area contributed by atoms with Crippen LogP contribution in [-0.4, -0.2) is 54.0 Å². The molecule has 0 aliphatic carbocycles. The van der Waals surface area contributed by atoms with E-state index in [2.05, 4.69) is 16.0 Å². The molecule has 0 rings (SSSR count). The molecule has 22 heavy (non-hydrogen) atoms. The quantitative estimate of drug-likeness (QED) is 0.338. The third kappa shape index (κ3) is 7.58. The van der Waals surface area contributed by atoms with Crippen molar-refractivity contribution in [2.75, 3.05) is 13.1 Å². The number of carbonyl (C=O) groups excluding carboxylic acids is 3. The second kappa shape index (κ2) is 9.72. The van der Waals surface area contributed by atoms with E-state index in [9.17, 15) is 19.2 Å². The summed E-state index contributed by atoms with van der Waals surface area (Å²) in [4.78, 5) is 45.4. The Morgan fingerprint density at radius 2 is 1.64 bits per heavy atom. The first-order valence-corrected chi connectivity index (χ1v) is 7.01. The minimum atomic E-state index is -1.18. The molecule has 0 bridgehead atoms. The lowest BCUT2D eigenvalue weighted by Crippen LogP contribution is -2.54. The van der Waals surface area contributed by atoms with Gasteiger partial charge in [-0.2, -0.15) is 0 Å². The monoisotopic (exact) mass is 316 g/mol. The molecule has 0 heterocycles. The van der Waals surface area contributed by atoms with Crippen molar-refractivity contribution in [3.05, 3.63) is 0 Å². The van der Waals surface area contributed by atoms with Crippen LogP contribution in [0.5, 0.6) is 0 Å². The van der Waals surface area contributed by atoms with Crippen molar-refractivity contribution in [2.45, 2.75) is 39.3 Å². The number of carbonyl (C=O) groups is 4. The highest BCUT2D eigenvalue weighted by atomic mass is 16.4. The first-order valence-electron chi connectivity index (χ1n) is 7.01. The van der Waals surface area contributed by atoms with E-state index >= 15 is 0 Å². The van der Waals surface area contributed by atoms with E-state index in [1.165, 1.54) is 6.92 Å².